The lowest BCUT2D eigenvalue weighted by atomic mass is 9.48. The van der Waals surface area contributed by atoms with Gasteiger partial charge in [0.15, 0.2) is 0 Å². The van der Waals surface area contributed by atoms with Gasteiger partial charge in [-0.15, -0.1) is 0 Å². The van der Waals surface area contributed by atoms with Crippen LogP contribution in [0.5, 0.6) is 0 Å². The number of nitrogens with zero attached hydrogens (tertiary/aromatic N) is 1. The van der Waals surface area contributed by atoms with E-state index < -0.39 is 5.41 Å². The largest absolute Gasteiger partial charge is 0.310 e. The Morgan fingerprint density at radius 2 is 0.800 bits per heavy atom. The molecule has 0 radical (unpaired) electrons. The molecule has 0 N–H and O–H groups in total. The first kappa shape index (κ1) is 34.4. The zero-order valence-electron chi connectivity index (χ0n) is 33.9. The van der Waals surface area contributed by atoms with Gasteiger partial charge in [0.25, 0.3) is 0 Å². The van der Waals surface area contributed by atoms with Gasteiger partial charge < -0.3 is 4.90 Å². The van der Waals surface area contributed by atoms with Gasteiger partial charge in [-0.2, -0.15) is 0 Å². The third-order valence-corrected chi connectivity index (χ3v) is 15.5. The van der Waals surface area contributed by atoms with E-state index in [4.69, 9.17) is 0 Å². The summed E-state index contributed by atoms with van der Waals surface area (Å²) in [5.74, 6) is 2.74. The molecule has 4 saturated carbocycles. The maximum atomic E-state index is 2.56. The zero-order valence-corrected chi connectivity index (χ0v) is 33.9. The average Bonchev–Trinajstić information content (AvgIpc) is 3.77. The average molecular weight is 770 g/mol. The van der Waals surface area contributed by atoms with Crippen LogP contribution in [0.4, 0.5) is 17.1 Å². The highest BCUT2D eigenvalue weighted by Gasteiger charge is 2.53. The molecule has 60 heavy (non-hydrogen) atoms. The van der Waals surface area contributed by atoms with Crippen molar-refractivity contribution < 1.29 is 0 Å². The number of hydrogen-bond donors (Lipinski definition) is 0. The van der Waals surface area contributed by atoms with Gasteiger partial charge in [-0.05, 0) is 159 Å². The van der Waals surface area contributed by atoms with Crippen molar-refractivity contribution in [1.29, 1.82) is 0 Å². The van der Waals surface area contributed by atoms with Crippen LogP contribution in [-0.2, 0) is 10.8 Å². The van der Waals surface area contributed by atoms with Crippen LogP contribution >= 0.6 is 0 Å². The van der Waals surface area contributed by atoms with Crippen LogP contribution < -0.4 is 4.90 Å². The van der Waals surface area contributed by atoms with Gasteiger partial charge in [-0.25, -0.2) is 0 Å². The van der Waals surface area contributed by atoms with E-state index in [1.807, 2.05) is 0 Å². The Bertz CT molecular complexity index is 2870. The fraction of sp³-hybridized carbons (Fsp3) is 0.186. The second-order valence-electron chi connectivity index (χ2n) is 18.6. The molecule has 1 nitrogen and oxygen atoms in total. The number of hydrogen-bond acceptors (Lipinski definition) is 1. The minimum Gasteiger partial charge on any atom is -0.310 e. The molecule has 0 unspecified atom stereocenters. The van der Waals surface area contributed by atoms with E-state index in [-0.39, 0.29) is 0 Å². The lowest BCUT2D eigenvalue weighted by Crippen LogP contribution is -2.48. The molecular formula is C59H47N. The summed E-state index contributed by atoms with van der Waals surface area (Å²) in [4.78, 5) is 2.56. The lowest BCUT2D eigenvalue weighted by molar-refractivity contribution is -0.00518. The Labute approximate surface area is 354 Å². The number of fused-ring (bicyclic) bond motifs is 10. The first-order valence-electron chi connectivity index (χ1n) is 22.3. The van der Waals surface area contributed by atoms with Crippen molar-refractivity contribution in [2.45, 2.75) is 49.4 Å². The molecule has 0 heterocycles. The second kappa shape index (κ2) is 13.0. The minimum atomic E-state index is -0.414. The summed E-state index contributed by atoms with van der Waals surface area (Å²) >= 11 is 0. The summed E-state index contributed by atoms with van der Waals surface area (Å²) in [6.45, 7) is 0. The Morgan fingerprint density at radius 3 is 1.38 bits per heavy atom. The second-order valence-corrected chi connectivity index (χ2v) is 18.6. The van der Waals surface area contributed by atoms with Crippen molar-refractivity contribution in [3.8, 4) is 44.5 Å². The zero-order chi connectivity index (χ0) is 39.4. The third-order valence-electron chi connectivity index (χ3n) is 15.5. The lowest BCUT2D eigenvalue weighted by Gasteiger charge is -2.57. The van der Waals surface area contributed by atoms with E-state index in [9.17, 15) is 0 Å². The molecule has 0 aromatic heterocycles. The monoisotopic (exact) mass is 769 g/mol. The van der Waals surface area contributed by atoms with Crippen molar-refractivity contribution in [3.63, 3.8) is 0 Å². The molecule has 8 aromatic rings. The standard InChI is InChI=1S/C59H47N/c1-2-14-42(15-3-1)46-16-4-5-17-47(46)52-21-9-13-25-57(52)60(44-28-26-43(27-29-44)58-36-39-32-40(37-58)34-41(33-39)38-58)45-30-31-51-50-20-8-12-24-55(50)59(56(51)35-45)53-22-10-6-18-48(53)49-19-7-11-23-54(49)59/h1-31,35,39-41H,32-34,36-38H2. The highest BCUT2D eigenvalue weighted by Crippen LogP contribution is 2.64. The van der Waals surface area contributed by atoms with Crippen LogP contribution in [0.25, 0.3) is 44.5 Å². The fourth-order valence-corrected chi connectivity index (χ4v) is 13.6. The van der Waals surface area contributed by atoms with Crippen molar-refractivity contribution in [2.24, 2.45) is 17.8 Å². The van der Waals surface area contributed by atoms with E-state index in [1.54, 1.807) is 5.56 Å². The third kappa shape index (κ3) is 4.87. The molecule has 8 aromatic carbocycles. The van der Waals surface area contributed by atoms with Gasteiger partial charge in [-0.3, -0.25) is 0 Å². The molecule has 4 fully saturated rings. The van der Waals surface area contributed by atoms with E-state index >= 15 is 0 Å². The molecule has 0 aliphatic heterocycles. The van der Waals surface area contributed by atoms with Crippen LogP contribution in [0.15, 0.2) is 194 Å². The van der Waals surface area contributed by atoms with Crippen molar-refractivity contribution >= 4 is 17.1 Å². The minimum absolute atomic E-state index is 0.347. The van der Waals surface area contributed by atoms with E-state index in [0.717, 1.165) is 17.8 Å². The summed E-state index contributed by atoms with van der Waals surface area (Å²) in [5.41, 5.74) is 20.8. The number of benzene rings is 8. The molecule has 0 amide bonds. The molecule has 1 spiro atoms. The van der Waals surface area contributed by atoms with Crippen LogP contribution in [0.1, 0.15) is 66.3 Å². The van der Waals surface area contributed by atoms with Gasteiger partial charge in [-0.1, -0.05) is 164 Å². The smallest absolute Gasteiger partial charge is 0.0726 e. The number of anilines is 3. The normalized spacial score (nSPS) is 22.0. The number of para-hydroxylation sites is 1. The maximum absolute atomic E-state index is 2.56. The first-order chi connectivity index (χ1) is 29.7. The molecule has 1 heteroatoms. The highest BCUT2D eigenvalue weighted by atomic mass is 15.1. The maximum Gasteiger partial charge on any atom is 0.0726 e. The fourth-order valence-electron chi connectivity index (χ4n) is 13.6. The molecular weight excluding hydrogens is 723 g/mol. The van der Waals surface area contributed by atoms with Gasteiger partial charge in [0.1, 0.15) is 0 Å². The summed E-state index contributed by atoms with van der Waals surface area (Å²) in [6.07, 6.45) is 8.51. The number of rotatable bonds is 6. The summed E-state index contributed by atoms with van der Waals surface area (Å²) in [7, 11) is 0. The Morgan fingerprint density at radius 1 is 0.350 bits per heavy atom. The highest BCUT2D eigenvalue weighted by molar-refractivity contribution is 5.98. The van der Waals surface area contributed by atoms with Crippen LogP contribution in [0, 0.1) is 17.8 Å². The van der Waals surface area contributed by atoms with E-state index in [0.29, 0.717) is 5.41 Å². The molecule has 288 valence electrons. The quantitative estimate of drug-likeness (QED) is 0.163. The van der Waals surface area contributed by atoms with Gasteiger partial charge in [0.05, 0.1) is 11.1 Å². The Balaban J connectivity index is 1.03. The van der Waals surface area contributed by atoms with E-state index in [1.165, 1.54) is 122 Å². The van der Waals surface area contributed by atoms with Gasteiger partial charge in [0, 0.05) is 16.9 Å². The van der Waals surface area contributed by atoms with Crippen LogP contribution in [0.3, 0.4) is 0 Å². The molecule has 14 rings (SSSR count). The first-order valence-corrected chi connectivity index (χ1v) is 22.3. The predicted molar refractivity (Wildman–Crippen MR) is 248 cm³/mol. The summed E-state index contributed by atoms with van der Waals surface area (Å²) in [5, 5.41) is 0. The molecule has 0 saturated heterocycles. The van der Waals surface area contributed by atoms with Gasteiger partial charge in [0.2, 0.25) is 0 Å². The van der Waals surface area contributed by atoms with Crippen LogP contribution in [-0.4, -0.2) is 0 Å². The molecule has 6 aliphatic carbocycles. The van der Waals surface area contributed by atoms with Gasteiger partial charge >= 0.3 is 0 Å². The topological polar surface area (TPSA) is 3.24 Å². The van der Waals surface area contributed by atoms with Crippen LogP contribution in [0.2, 0.25) is 0 Å². The predicted octanol–water partition coefficient (Wildman–Crippen LogP) is 15.3. The van der Waals surface area contributed by atoms with Crippen molar-refractivity contribution in [1.82, 2.24) is 0 Å². The van der Waals surface area contributed by atoms with Crippen molar-refractivity contribution in [2.75, 3.05) is 4.90 Å². The molecule has 0 atom stereocenters. The van der Waals surface area contributed by atoms with E-state index in [2.05, 4.69) is 199 Å². The van der Waals surface area contributed by atoms with Crippen molar-refractivity contribution in [3.05, 3.63) is 222 Å². The Hall–Kier alpha value is -6.44. The molecule has 6 aliphatic rings. The molecule has 4 bridgehead atoms. The summed E-state index contributed by atoms with van der Waals surface area (Å²) in [6, 6.07) is 73.6. The summed E-state index contributed by atoms with van der Waals surface area (Å²) < 4.78 is 0. The SMILES string of the molecule is c1ccc(-c2ccccc2-c2ccccc2N(c2ccc(C34CC5CC(CC(C5)C3)C4)cc2)c2ccc3c(c2)C2(c4ccccc4-c4ccccc42)c2ccccc2-3)cc1. The Kier molecular flexibility index (Phi) is 7.48.